The van der Waals surface area contributed by atoms with E-state index in [0.717, 1.165) is 11.6 Å². The molecule has 0 aliphatic heterocycles. The molecule has 0 radical (unpaired) electrons. The first-order valence-corrected chi connectivity index (χ1v) is 10.6. The van der Waals surface area contributed by atoms with E-state index >= 15 is 0 Å². The molecule has 3 rings (SSSR count). The second-order valence-electron chi connectivity index (χ2n) is 6.54. The zero-order valence-corrected chi connectivity index (χ0v) is 17.5. The van der Waals surface area contributed by atoms with Crippen LogP contribution in [0.15, 0.2) is 71.6 Å². The number of nitro benzene ring substituents is 1. The van der Waals surface area contributed by atoms with Gasteiger partial charge in [0.25, 0.3) is 5.91 Å². The number of nitro groups is 1. The maximum atomic E-state index is 12.3. The van der Waals surface area contributed by atoms with Crippen molar-refractivity contribution in [2.75, 3.05) is 12.4 Å². The molecule has 0 saturated heterocycles. The summed E-state index contributed by atoms with van der Waals surface area (Å²) in [4.78, 5) is 22.7. The van der Waals surface area contributed by atoms with Gasteiger partial charge < -0.3 is 10.1 Å². The van der Waals surface area contributed by atoms with Crippen LogP contribution in [0.25, 0.3) is 0 Å². The van der Waals surface area contributed by atoms with Gasteiger partial charge in [0.15, 0.2) is 0 Å². The van der Waals surface area contributed by atoms with Crippen LogP contribution in [0.5, 0.6) is 11.5 Å². The van der Waals surface area contributed by atoms with Crippen LogP contribution in [0, 0.1) is 17.0 Å². The van der Waals surface area contributed by atoms with Crippen molar-refractivity contribution < 1.29 is 22.9 Å². The summed E-state index contributed by atoms with van der Waals surface area (Å²) in [5.74, 6) is -0.105. The Morgan fingerprint density at radius 3 is 2.35 bits per heavy atom. The Balaban J connectivity index is 1.78. The zero-order valence-electron chi connectivity index (χ0n) is 16.7. The monoisotopic (exact) mass is 441 g/mol. The van der Waals surface area contributed by atoms with E-state index in [1.807, 2.05) is 13.0 Å². The normalized spacial score (nSPS) is 11.0. The molecule has 0 heterocycles. The number of anilines is 1. The van der Waals surface area contributed by atoms with Crippen molar-refractivity contribution in [2.45, 2.75) is 11.8 Å². The summed E-state index contributed by atoms with van der Waals surface area (Å²) in [5.41, 5.74) is 1.51. The predicted molar refractivity (Wildman–Crippen MR) is 115 cm³/mol. The average Bonchev–Trinajstić information content (AvgIpc) is 2.75. The number of aryl methyl sites for hydroxylation is 1. The smallest absolute Gasteiger partial charge is 0.312 e. The van der Waals surface area contributed by atoms with E-state index in [9.17, 15) is 23.3 Å². The maximum absolute atomic E-state index is 12.3. The molecule has 3 aromatic carbocycles. The Morgan fingerprint density at radius 1 is 1.03 bits per heavy atom. The quantitative estimate of drug-likeness (QED) is 0.423. The van der Waals surface area contributed by atoms with E-state index in [1.165, 1.54) is 31.3 Å². The minimum Gasteiger partial charge on any atom is -0.450 e. The van der Waals surface area contributed by atoms with Gasteiger partial charge in [0.2, 0.25) is 15.8 Å². The van der Waals surface area contributed by atoms with Crippen LogP contribution in [-0.2, 0) is 10.0 Å². The topological polar surface area (TPSA) is 128 Å². The second-order valence-corrected chi connectivity index (χ2v) is 8.43. The number of nitrogens with zero attached hydrogens (tertiary/aromatic N) is 1. The highest BCUT2D eigenvalue weighted by atomic mass is 32.2. The molecule has 0 bridgehead atoms. The van der Waals surface area contributed by atoms with Crippen molar-refractivity contribution in [3.8, 4) is 11.5 Å². The number of carbonyl (C=O) groups excluding carboxylic acids is 1. The lowest BCUT2D eigenvalue weighted by Crippen LogP contribution is -2.18. The molecule has 3 aromatic rings. The summed E-state index contributed by atoms with van der Waals surface area (Å²) in [6.07, 6.45) is 0. The molecule has 160 valence electrons. The molecule has 9 nitrogen and oxygen atoms in total. The molecule has 0 atom stereocenters. The van der Waals surface area contributed by atoms with E-state index < -0.39 is 20.6 Å². The van der Waals surface area contributed by atoms with Crippen molar-refractivity contribution in [3.05, 3.63) is 88.0 Å². The van der Waals surface area contributed by atoms with Crippen molar-refractivity contribution in [2.24, 2.45) is 0 Å². The number of carbonyl (C=O) groups is 1. The first-order chi connectivity index (χ1) is 14.7. The minimum absolute atomic E-state index is 0.114. The molecular weight excluding hydrogens is 422 g/mol. The lowest BCUT2D eigenvalue weighted by molar-refractivity contribution is -0.385. The Hall–Kier alpha value is -3.76. The van der Waals surface area contributed by atoms with Gasteiger partial charge in [-0.05, 0) is 62.5 Å². The third-order valence-electron chi connectivity index (χ3n) is 4.33. The Morgan fingerprint density at radius 2 is 1.74 bits per heavy atom. The molecule has 0 saturated carbocycles. The standard InChI is InChI=1S/C21H19N3O6S/c1-14-4-3-5-15(12-14)21(25)23-16-6-8-17(9-7-16)30-20-11-10-18(31(28,29)22-2)13-19(20)24(26)27/h3-13,22H,1-2H3,(H,23,25). The number of sulfonamides is 1. The fourth-order valence-corrected chi connectivity index (χ4v) is 3.48. The number of hydrogen-bond donors (Lipinski definition) is 2. The van der Waals surface area contributed by atoms with Crippen LogP contribution in [0.1, 0.15) is 15.9 Å². The summed E-state index contributed by atoms with van der Waals surface area (Å²) in [7, 11) is -2.62. The van der Waals surface area contributed by atoms with Gasteiger partial charge in [-0.2, -0.15) is 0 Å². The van der Waals surface area contributed by atoms with E-state index in [1.54, 1.807) is 30.3 Å². The van der Waals surface area contributed by atoms with Gasteiger partial charge in [-0.15, -0.1) is 0 Å². The summed E-state index contributed by atoms with van der Waals surface area (Å²) < 4.78 is 31.4. The van der Waals surface area contributed by atoms with E-state index in [-0.39, 0.29) is 22.3 Å². The van der Waals surface area contributed by atoms with Gasteiger partial charge in [-0.3, -0.25) is 14.9 Å². The van der Waals surface area contributed by atoms with Gasteiger partial charge in [0, 0.05) is 17.3 Å². The third kappa shape index (κ3) is 5.24. The van der Waals surface area contributed by atoms with Crippen LogP contribution in [0.2, 0.25) is 0 Å². The largest absolute Gasteiger partial charge is 0.450 e. The van der Waals surface area contributed by atoms with Gasteiger partial charge in [-0.1, -0.05) is 17.7 Å². The number of ether oxygens (including phenoxy) is 1. The Labute approximate surface area is 178 Å². The highest BCUT2D eigenvalue weighted by Gasteiger charge is 2.22. The lowest BCUT2D eigenvalue weighted by atomic mass is 10.1. The summed E-state index contributed by atoms with van der Waals surface area (Å²) >= 11 is 0. The minimum atomic E-state index is -3.84. The molecule has 0 spiro atoms. The van der Waals surface area contributed by atoms with Crippen molar-refractivity contribution in [1.29, 1.82) is 0 Å². The number of rotatable bonds is 7. The van der Waals surface area contributed by atoms with Crippen molar-refractivity contribution in [1.82, 2.24) is 4.72 Å². The van der Waals surface area contributed by atoms with Crippen LogP contribution >= 0.6 is 0 Å². The molecule has 0 aromatic heterocycles. The second kappa shape index (κ2) is 8.94. The number of nitrogens with one attached hydrogen (secondary N) is 2. The van der Waals surface area contributed by atoms with Gasteiger partial charge in [0.05, 0.1) is 9.82 Å². The van der Waals surface area contributed by atoms with Crippen LogP contribution in [0.3, 0.4) is 0 Å². The Kier molecular flexibility index (Phi) is 6.33. The lowest BCUT2D eigenvalue weighted by Gasteiger charge is -2.10. The summed E-state index contributed by atoms with van der Waals surface area (Å²) in [6.45, 7) is 1.89. The highest BCUT2D eigenvalue weighted by molar-refractivity contribution is 7.89. The number of amides is 1. The average molecular weight is 441 g/mol. The van der Waals surface area contributed by atoms with Crippen molar-refractivity contribution in [3.63, 3.8) is 0 Å². The summed E-state index contributed by atoms with van der Waals surface area (Å²) in [5, 5.41) is 14.1. The molecular formula is C21H19N3O6S. The third-order valence-corrected chi connectivity index (χ3v) is 5.74. The van der Waals surface area contributed by atoms with Gasteiger partial charge in [-0.25, -0.2) is 13.1 Å². The summed E-state index contributed by atoms with van der Waals surface area (Å²) in [6, 6.07) is 16.8. The molecule has 10 heteroatoms. The predicted octanol–water partition coefficient (Wildman–Crippen LogP) is 3.86. The zero-order chi connectivity index (χ0) is 22.6. The SMILES string of the molecule is CNS(=O)(=O)c1ccc(Oc2ccc(NC(=O)c3cccc(C)c3)cc2)c([N+](=O)[O-])c1. The van der Waals surface area contributed by atoms with E-state index in [4.69, 9.17) is 4.74 Å². The Bertz CT molecular complexity index is 1240. The van der Waals surface area contributed by atoms with E-state index in [2.05, 4.69) is 10.0 Å². The van der Waals surface area contributed by atoms with Crippen LogP contribution < -0.4 is 14.8 Å². The fraction of sp³-hybridized carbons (Fsp3) is 0.0952. The fourth-order valence-electron chi connectivity index (χ4n) is 2.73. The van der Waals surface area contributed by atoms with Gasteiger partial charge >= 0.3 is 5.69 Å². The van der Waals surface area contributed by atoms with Crippen molar-refractivity contribution >= 4 is 27.3 Å². The first-order valence-electron chi connectivity index (χ1n) is 9.07. The van der Waals surface area contributed by atoms with Crippen LogP contribution in [-0.4, -0.2) is 26.3 Å². The molecule has 2 N–H and O–H groups in total. The molecule has 31 heavy (non-hydrogen) atoms. The van der Waals surface area contributed by atoms with E-state index in [0.29, 0.717) is 11.3 Å². The molecule has 0 aliphatic carbocycles. The van der Waals surface area contributed by atoms with Gasteiger partial charge in [0.1, 0.15) is 5.75 Å². The molecule has 0 aliphatic rings. The first kappa shape index (κ1) is 21.9. The maximum Gasteiger partial charge on any atom is 0.312 e. The molecule has 1 amide bonds. The number of hydrogen-bond acceptors (Lipinski definition) is 6. The number of benzene rings is 3. The van der Waals surface area contributed by atoms with Crippen LogP contribution in [0.4, 0.5) is 11.4 Å². The molecule has 0 fully saturated rings. The molecule has 0 unspecified atom stereocenters. The highest BCUT2D eigenvalue weighted by Crippen LogP contribution is 2.33.